The largest absolute Gasteiger partial charge is 0.377 e. The number of benzene rings is 2. The van der Waals surface area contributed by atoms with Crippen molar-refractivity contribution in [2.75, 3.05) is 17.6 Å². The molecule has 0 spiro atoms. The van der Waals surface area contributed by atoms with Gasteiger partial charge in [0, 0.05) is 23.1 Å². The van der Waals surface area contributed by atoms with Crippen LogP contribution in [0.4, 0.5) is 5.82 Å². The van der Waals surface area contributed by atoms with E-state index in [2.05, 4.69) is 21.1 Å². The first-order valence-electron chi connectivity index (χ1n) is 9.76. The highest BCUT2D eigenvalue weighted by Crippen LogP contribution is 2.35. The summed E-state index contributed by atoms with van der Waals surface area (Å²) in [5, 5.41) is 14.5. The summed E-state index contributed by atoms with van der Waals surface area (Å²) in [5.41, 5.74) is 3.77. The van der Waals surface area contributed by atoms with E-state index in [1.54, 1.807) is 32.0 Å². The third-order valence-electron chi connectivity index (χ3n) is 5.03. The first kappa shape index (κ1) is 23.5. The Bertz CT molecular complexity index is 1160. The standard InChI is InChI=1S/C22H25BrN2O5S/c1-4-29-13-18-11-17(12-23)9-10-19(18)20-7-5-6-8-21(20)31(27,28)25(14-26)22-15(2)16(3)30-24-22/h5-11,26H,4,12-14H2,1-3H3. The van der Waals surface area contributed by atoms with Crippen LogP contribution in [0.3, 0.4) is 0 Å². The number of aliphatic hydroxyl groups excluding tert-OH is 1. The SMILES string of the molecule is CCOCc1cc(CBr)ccc1-c1ccccc1S(=O)(=O)N(CO)c1noc(C)c1C. The van der Waals surface area contributed by atoms with Crippen LogP contribution >= 0.6 is 15.9 Å². The lowest BCUT2D eigenvalue weighted by Gasteiger charge is -2.22. The fourth-order valence-electron chi connectivity index (χ4n) is 3.25. The number of alkyl halides is 1. The molecular formula is C22H25BrN2O5S. The Balaban J connectivity index is 2.17. The van der Waals surface area contributed by atoms with E-state index in [0.717, 1.165) is 21.0 Å². The van der Waals surface area contributed by atoms with Crippen LogP contribution in [-0.4, -0.2) is 32.0 Å². The Labute approximate surface area is 190 Å². The predicted octanol–water partition coefficient (Wildman–Crippen LogP) is 4.53. The summed E-state index contributed by atoms with van der Waals surface area (Å²) in [6.45, 7) is 5.43. The molecule has 9 heteroatoms. The Kier molecular flexibility index (Phi) is 7.53. The number of aryl methyl sites for hydroxylation is 1. The van der Waals surface area contributed by atoms with Gasteiger partial charge < -0.3 is 14.4 Å². The zero-order valence-electron chi connectivity index (χ0n) is 17.6. The summed E-state index contributed by atoms with van der Waals surface area (Å²) in [5.74, 6) is 0.556. The normalized spacial score (nSPS) is 11.6. The van der Waals surface area contributed by atoms with Gasteiger partial charge in [0.05, 0.1) is 11.5 Å². The minimum absolute atomic E-state index is 0.0634. The van der Waals surface area contributed by atoms with Gasteiger partial charge in [-0.05, 0) is 43.5 Å². The topological polar surface area (TPSA) is 92.9 Å². The third kappa shape index (κ3) is 4.69. The molecule has 0 saturated carbocycles. The monoisotopic (exact) mass is 508 g/mol. The van der Waals surface area contributed by atoms with Crippen molar-refractivity contribution in [3.63, 3.8) is 0 Å². The van der Waals surface area contributed by atoms with Crippen LogP contribution in [0.1, 0.15) is 29.4 Å². The number of aliphatic hydroxyl groups is 1. The van der Waals surface area contributed by atoms with Crippen molar-refractivity contribution < 1.29 is 22.8 Å². The molecule has 0 atom stereocenters. The molecule has 0 unspecified atom stereocenters. The summed E-state index contributed by atoms with van der Waals surface area (Å²) in [4.78, 5) is 0.0634. The smallest absolute Gasteiger partial charge is 0.268 e. The van der Waals surface area contributed by atoms with Gasteiger partial charge in [0.2, 0.25) is 0 Å². The van der Waals surface area contributed by atoms with Gasteiger partial charge >= 0.3 is 0 Å². The number of nitrogens with zero attached hydrogens (tertiary/aromatic N) is 2. The Morgan fingerprint density at radius 1 is 1.16 bits per heavy atom. The second-order valence-corrected chi connectivity index (χ2v) is 9.33. The number of hydrogen-bond donors (Lipinski definition) is 1. The number of ether oxygens (including phenoxy) is 1. The van der Waals surface area contributed by atoms with Crippen LogP contribution in [0.15, 0.2) is 51.9 Å². The average molecular weight is 509 g/mol. The van der Waals surface area contributed by atoms with E-state index in [-0.39, 0.29) is 10.7 Å². The molecule has 0 aliphatic carbocycles. The molecule has 0 saturated heterocycles. The molecular weight excluding hydrogens is 484 g/mol. The van der Waals surface area contributed by atoms with Gasteiger partial charge in [0.25, 0.3) is 10.0 Å². The second kappa shape index (κ2) is 9.95. The molecule has 3 aromatic rings. The molecule has 7 nitrogen and oxygen atoms in total. The van der Waals surface area contributed by atoms with E-state index < -0.39 is 16.8 Å². The van der Waals surface area contributed by atoms with Crippen molar-refractivity contribution in [2.45, 2.75) is 37.6 Å². The molecule has 166 valence electrons. The van der Waals surface area contributed by atoms with Gasteiger partial charge in [-0.1, -0.05) is 57.5 Å². The lowest BCUT2D eigenvalue weighted by molar-refractivity contribution is 0.134. The van der Waals surface area contributed by atoms with Gasteiger partial charge in [0.15, 0.2) is 5.82 Å². The van der Waals surface area contributed by atoms with E-state index in [0.29, 0.717) is 35.4 Å². The molecule has 0 bridgehead atoms. The molecule has 3 rings (SSSR count). The number of aromatic nitrogens is 1. The summed E-state index contributed by atoms with van der Waals surface area (Å²) in [6, 6.07) is 12.6. The maximum Gasteiger partial charge on any atom is 0.268 e. The summed E-state index contributed by atoms with van der Waals surface area (Å²) in [7, 11) is -4.13. The van der Waals surface area contributed by atoms with Crippen molar-refractivity contribution in [1.82, 2.24) is 5.16 Å². The summed E-state index contributed by atoms with van der Waals surface area (Å²) in [6.07, 6.45) is 0. The zero-order valence-corrected chi connectivity index (χ0v) is 20.0. The number of hydrogen-bond acceptors (Lipinski definition) is 6. The van der Waals surface area contributed by atoms with Gasteiger partial charge in [-0.25, -0.2) is 12.7 Å². The maximum absolute atomic E-state index is 13.6. The molecule has 2 aromatic carbocycles. The maximum atomic E-state index is 13.6. The van der Waals surface area contributed by atoms with Crippen LogP contribution < -0.4 is 4.31 Å². The predicted molar refractivity (Wildman–Crippen MR) is 123 cm³/mol. The highest BCUT2D eigenvalue weighted by atomic mass is 79.9. The molecule has 0 fully saturated rings. The zero-order chi connectivity index (χ0) is 22.6. The number of rotatable bonds is 9. The Morgan fingerprint density at radius 2 is 1.90 bits per heavy atom. The lowest BCUT2D eigenvalue weighted by atomic mass is 9.98. The third-order valence-corrected chi connectivity index (χ3v) is 7.46. The van der Waals surface area contributed by atoms with Crippen LogP contribution in [0.2, 0.25) is 0 Å². The minimum Gasteiger partial charge on any atom is -0.377 e. The molecule has 1 heterocycles. The van der Waals surface area contributed by atoms with E-state index in [1.807, 2.05) is 25.1 Å². The molecule has 1 N–H and O–H groups in total. The molecule has 0 radical (unpaired) electrons. The van der Waals surface area contributed by atoms with Crippen LogP contribution in [-0.2, 0) is 26.7 Å². The van der Waals surface area contributed by atoms with E-state index in [9.17, 15) is 13.5 Å². The molecule has 0 aliphatic rings. The second-order valence-electron chi connectivity index (χ2n) is 6.94. The van der Waals surface area contributed by atoms with Crippen LogP contribution in [0.5, 0.6) is 0 Å². The lowest BCUT2D eigenvalue weighted by Crippen LogP contribution is -2.33. The Hall–Kier alpha value is -2.20. The number of sulfonamides is 1. The molecule has 0 amide bonds. The van der Waals surface area contributed by atoms with Crippen LogP contribution in [0.25, 0.3) is 11.1 Å². The van der Waals surface area contributed by atoms with Gasteiger partial charge in [-0.2, -0.15) is 0 Å². The Morgan fingerprint density at radius 3 is 2.52 bits per heavy atom. The fraction of sp³-hybridized carbons (Fsp3) is 0.318. The first-order chi connectivity index (χ1) is 14.8. The first-order valence-corrected chi connectivity index (χ1v) is 12.3. The average Bonchev–Trinajstić information content (AvgIpc) is 3.10. The summed E-state index contributed by atoms with van der Waals surface area (Å²) >= 11 is 3.46. The van der Waals surface area contributed by atoms with Crippen molar-refractivity contribution in [3.05, 3.63) is 64.9 Å². The highest BCUT2D eigenvalue weighted by molar-refractivity contribution is 9.08. The molecule has 1 aromatic heterocycles. The van der Waals surface area contributed by atoms with Crippen molar-refractivity contribution in [3.8, 4) is 11.1 Å². The van der Waals surface area contributed by atoms with Crippen molar-refractivity contribution >= 4 is 31.8 Å². The van der Waals surface area contributed by atoms with Gasteiger partial charge in [-0.15, -0.1) is 0 Å². The van der Waals surface area contributed by atoms with Crippen LogP contribution in [0, 0.1) is 13.8 Å². The quantitative estimate of drug-likeness (QED) is 0.337. The fourth-order valence-corrected chi connectivity index (χ4v) is 5.10. The van der Waals surface area contributed by atoms with Gasteiger partial charge in [-0.3, -0.25) is 0 Å². The van der Waals surface area contributed by atoms with Gasteiger partial charge in [0.1, 0.15) is 12.5 Å². The highest BCUT2D eigenvalue weighted by Gasteiger charge is 2.31. The van der Waals surface area contributed by atoms with E-state index in [4.69, 9.17) is 9.26 Å². The minimum atomic E-state index is -4.13. The van der Waals surface area contributed by atoms with E-state index >= 15 is 0 Å². The number of halogens is 1. The van der Waals surface area contributed by atoms with E-state index in [1.165, 1.54) is 6.07 Å². The summed E-state index contributed by atoms with van der Waals surface area (Å²) < 4.78 is 38.8. The number of anilines is 1. The van der Waals surface area contributed by atoms with Crippen molar-refractivity contribution in [2.24, 2.45) is 0 Å². The van der Waals surface area contributed by atoms with Crippen molar-refractivity contribution in [1.29, 1.82) is 0 Å². The molecule has 0 aliphatic heterocycles. The molecule has 31 heavy (non-hydrogen) atoms.